The molecule has 0 radical (unpaired) electrons. The molecule has 1 saturated heterocycles. The molecule has 0 saturated carbocycles. The molecule has 2 rings (SSSR count). The van der Waals surface area contributed by atoms with E-state index in [2.05, 4.69) is 49.2 Å². The van der Waals surface area contributed by atoms with Crippen LogP contribution in [-0.2, 0) is 0 Å². The molecule has 0 aliphatic carbocycles. The van der Waals surface area contributed by atoms with Gasteiger partial charge in [-0.05, 0) is 77.3 Å². The van der Waals surface area contributed by atoms with Crippen LogP contribution < -0.4 is 10.1 Å². The van der Waals surface area contributed by atoms with Crippen molar-refractivity contribution < 1.29 is 4.74 Å². The van der Waals surface area contributed by atoms with Gasteiger partial charge in [0, 0.05) is 24.3 Å². The number of benzene rings is 1. The number of nitrogens with one attached hydrogen (secondary N) is 1. The lowest BCUT2D eigenvalue weighted by Crippen LogP contribution is -2.32. The van der Waals surface area contributed by atoms with Crippen molar-refractivity contribution in [2.75, 3.05) is 25.0 Å². The third-order valence-electron chi connectivity index (χ3n) is 4.36. The van der Waals surface area contributed by atoms with Crippen LogP contribution in [0.25, 0.3) is 0 Å². The van der Waals surface area contributed by atoms with E-state index >= 15 is 0 Å². The summed E-state index contributed by atoms with van der Waals surface area (Å²) in [6.45, 7) is 11.9. The Labute approximate surface area is 129 Å². The van der Waals surface area contributed by atoms with Crippen molar-refractivity contribution in [2.24, 2.45) is 0 Å². The summed E-state index contributed by atoms with van der Waals surface area (Å²) in [5.74, 6) is 0.965. The second-order valence-electron chi connectivity index (χ2n) is 6.31. The predicted octanol–water partition coefficient (Wildman–Crippen LogP) is 4.07. The lowest BCUT2D eigenvalue weighted by molar-refractivity contribution is 0.230. The zero-order valence-electron chi connectivity index (χ0n) is 14.0. The summed E-state index contributed by atoms with van der Waals surface area (Å²) < 4.78 is 5.56. The Morgan fingerprint density at radius 1 is 1.29 bits per heavy atom. The Morgan fingerprint density at radius 2 is 2.10 bits per heavy atom. The van der Waals surface area contributed by atoms with E-state index in [1.165, 1.54) is 43.6 Å². The molecule has 118 valence electrons. The van der Waals surface area contributed by atoms with Crippen LogP contribution in [0.15, 0.2) is 18.2 Å². The third kappa shape index (κ3) is 4.63. The van der Waals surface area contributed by atoms with Crippen LogP contribution in [0.5, 0.6) is 5.75 Å². The molecule has 1 unspecified atom stereocenters. The van der Waals surface area contributed by atoms with Gasteiger partial charge < -0.3 is 15.0 Å². The van der Waals surface area contributed by atoms with E-state index in [9.17, 15) is 0 Å². The van der Waals surface area contributed by atoms with Gasteiger partial charge in [-0.15, -0.1) is 0 Å². The van der Waals surface area contributed by atoms with E-state index in [0.29, 0.717) is 12.1 Å². The largest absolute Gasteiger partial charge is 0.494 e. The normalized spacial score (nSPS) is 20.3. The van der Waals surface area contributed by atoms with Gasteiger partial charge in [0.25, 0.3) is 0 Å². The fourth-order valence-corrected chi connectivity index (χ4v) is 3.05. The van der Waals surface area contributed by atoms with Gasteiger partial charge in [-0.2, -0.15) is 0 Å². The monoisotopic (exact) mass is 290 g/mol. The number of hydrogen-bond acceptors (Lipinski definition) is 3. The first-order valence-electron chi connectivity index (χ1n) is 8.34. The molecule has 1 aromatic carbocycles. The quantitative estimate of drug-likeness (QED) is 0.884. The van der Waals surface area contributed by atoms with E-state index in [0.717, 1.165) is 12.4 Å². The Kier molecular flexibility index (Phi) is 5.92. The Balaban J connectivity index is 1.95. The van der Waals surface area contributed by atoms with Crippen molar-refractivity contribution in [3.05, 3.63) is 23.8 Å². The third-order valence-corrected chi connectivity index (χ3v) is 4.36. The molecule has 1 aromatic rings. The average Bonchev–Trinajstić information content (AvgIpc) is 2.68. The molecule has 1 heterocycles. The van der Waals surface area contributed by atoms with Gasteiger partial charge >= 0.3 is 0 Å². The number of anilines is 1. The highest BCUT2D eigenvalue weighted by Crippen LogP contribution is 2.24. The summed E-state index contributed by atoms with van der Waals surface area (Å²) in [7, 11) is 0. The first kappa shape index (κ1) is 16.2. The molecular weight excluding hydrogens is 260 g/mol. The maximum absolute atomic E-state index is 5.56. The highest BCUT2D eigenvalue weighted by molar-refractivity contribution is 5.54. The van der Waals surface area contributed by atoms with Gasteiger partial charge in [-0.1, -0.05) is 0 Å². The maximum Gasteiger partial charge on any atom is 0.119 e. The highest BCUT2D eigenvalue weighted by Gasteiger charge is 2.18. The summed E-state index contributed by atoms with van der Waals surface area (Å²) in [5.41, 5.74) is 2.52. The summed E-state index contributed by atoms with van der Waals surface area (Å²) in [5, 5.41) is 3.74. The number of nitrogens with zero attached hydrogens (tertiary/aromatic N) is 1. The van der Waals surface area contributed by atoms with E-state index in [1.807, 2.05) is 6.92 Å². The molecular formula is C18H30N2O. The second kappa shape index (κ2) is 7.69. The van der Waals surface area contributed by atoms with Gasteiger partial charge in [-0.3, -0.25) is 0 Å². The molecule has 0 aromatic heterocycles. The molecule has 3 nitrogen and oxygen atoms in total. The topological polar surface area (TPSA) is 24.5 Å². The van der Waals surface area contributed by atoms with Crippen LogP contribution in [0.2, 0.25) is 0 Å². The molecule has 3 heteroatoms. The van der Waals surface area contributed by atoms with Gasteiger partial charge in [0.2, 0.25) is 0 Å². The molecule has 0 spiro atoms. The van der Waals surface area contributed by atoms with Crippen LogP contribution >= 0.6 is 0 Å². The minimum absolute atomic E-state index is 0.588. The van der Waals surface area contributed by atoms with E-state index < -0.39 is 0 Å². The van der Waals surface area contributed by atoms with Gasteiger partial charge in [-0.25, -0.2) is 0 Å². The zero-order valence-corrected chi connectivity index (χ0v) is 14.0. The number of hydrogen-bond donors (Lipinski definition) is 1. The van der Waals surface area contributed by atoms with Crippen LogP contribution in [0.4, 0.5) is 5.69 Å². The molecule has 0 bridgehead atoms. The van der Waals surface area contributed by atoms with Gasteiger partial charge in [0.15, 0.2) is 0 Å². The molecule has 1 N–H and O–H groups in total. The van der Waals surface area contributed by atoms with E-state index in [1.54, 1.807) is 0 Å². The van der Waals surface area contributed by atoms with Crippen LogP contribution in [0.1, 0.15) is 45.6 Å². The van der Waals surface area contributed by atoms with Crippen molar-refractivity contribution in [1.82, 2.24) is 4.90 Å². The molecule has 21 heavy (non-hydrogen) atoms. The van der Waals surface area contributed by atoms with E-state index in [-0.39, 0.29) is 0 Å². The van der Waals surface area contributed by atoms with Crippen LogP contribution in [0, 0.1) is 6.92 Å². The van der Waals surface area contributed by atoms with E-state index in [4.69, 9.17) is 4.74 Å². The van der Waals surface area contributed by atoms with Crippen LogP contribution in [-0.4, -0.2) is 36.7 Å². The first-order chi connectivity index (χ1) is 10.1. The molecule has 1 fully saturated rings. The number of likely N-dealkylation sites (tertiary alicyclic amines) is 1. The Bertz CT molecular complexity index is 445. The molecule has 1 aliphatic heterocycles. The fourth-order valence-electron chi connectivity index (χ4n) is 3.05. The minimum atomic E-state index is 0.588. The molecule has 0 amide bonds. The minimum Gasteiger partial charge on any atom is -0.494 e. The van der Waals surface area contributed by atoms with Gasteiger partial charge in [0.1, 0.15) is 5.75 Å². The lowest BCUT2D eigenvalue weighted by atomic mass is 10.1. The summed E-state index contributed by atoms with van der Waals surface area (Å²) in [6.07, 6.45) is 3.77. The summed E-state index contributed by atoms with van der Waals surface area (Å²) in [6, 6.07) is 7.60. The van der Waals surface area contributed by atoms with Crippen molar-refractivity contribution in [2.45, 2.75) is 59.0 Å². The van der Waals surface area contributed by atoms with Crippen molar-refractivity contribution in [3.63, 3.8) is 0 Å². The van der Waals surface area contributed by atoms with Crippen molar-refractivity contribution in [3.8, 4) is 5.75 Å². The highest BCUT2D eigenvalue weighted by atomic mass is 16.5. The number of ether oxygens (including phenoxy) is 1. The SMILES string of the molecule is CCOc1ccc(NC2CCCN(C(C)C)CC2)c(C)c1. The predicted molar refractivity (Wildman–Crippen MR) is 90.3 cm³/mol. The zero-order chi connectivity index (χ0) is 15.2. The van der Waals surface area contributed by atoms with Gasteiger partial charge in [0.05, 0.1) is 6.61 Å². The summed E-state index contributed by atoms with van der Waals surface area (Å²) >= 11 is 0. The standard InChI is InChI=1S/C18H30N2O/c1-5-21-17-8-9-18(15(4)13-17)19-16-7-6-11-20(12-10-16)14(2)3/h8-9,13-14,16,19H,5-7,10-12H2,1-4H3. The first-order valence-corrected chi connectivity index (χ1v) is 8.34. The fraction of sp³-hybridized carbons (Fsp3) is 0.667. The lowest BCUT2D eigenvalue weighted by Gasteiger charge is -2.24. The summed E-state index contributed by atoms with van der Waals surface area (Å²) in [4.78, 5) is 2.59. The Hall–Kier alpha value is -1.22. The van der Waals surface area contributed by atoms with Crippen molar-refractivity contribution >= 4 is 5.69 Å². The van der Waals surface area contributed by atoms with Crippen molar-refractivity contribution in [1.29, 1.82) is 0 Å². The second-order valence-corrected chi connectivity index (χ2v) is 6.31. The van der Waals surface area contributed by atoms with Crippen LogP contribution in [0.3, 0.4) is 0 Å². The number of rotatable bonds is 5. The molecule has 1 atom stereocenters. The molecule has 1 aliphatic rings. The number of aryl methyl sites for hydroxylation is 1. The Morgan fingerprint density at radius 3 is 2.76 bits per heavy atom. The smallest absolute Gasteiger partial charge is 0.119 e. The maximum atomic E-state index is 5.56. The average molecular weight is 290 g/mol.